The fraction of sp³-hybridized carbons (Fsp3) is 0.444. The Morgan fingerprint density at radius 2 is 1.62 bits per heavy atom. The standard InChI is InChI=1S/C18H25N3/c1-6-18-16(9-14(5)20-21-18)17(19)10-15-12(3)7-11(2)8-13(15)4/h7-9,17H,6,10,19H2,1-5H3. The molecule has 1 aromatic heterocycles. The zero-order valence-electron chi connectivity index (χ0n) is 13.7. The van der Waals surface area contributed by atoms with Crippen LogP contribution in [0.3, 0.4) is 0 Å². The van der Waals surface area contributed by atoms with Crippen molar-refractivity contribution in [3.05, 3.63) is 57.4 Å². The molecule has 1 aromatic carbocycles. The summed E-state index contributed by atoms with van der Waals surface area (Å²) in [5.74, 6) is 0. The number of benzene rings is 1. The first-order valence-corrected chi connectivity index (χ1v) is 7.57. The van der Waals surface area contributed by atoms with E-state index in [-0.39, 0.29) is 6.04 Å². The lowest BCUT2D eigenvalue weighted by molar-refractivity contribution is 0.687. The summed E-state index contributed by atoms with van der Waals surface area (Å²) in [5, 5.41) is 8.43. The quantitative estimate of drug-likeness (QED) is 0.934. The van der Waals surface area contributed by atoms with Crippen LogP contribution in [0.25, 0.3) is 0 Å². The third-order valence-electron chi connectivity index (χ3n) is 4.02. The van der Waals surface area contributed by atoms with Crippen molar-refractivity contribution in [2.45, 2.75) is 53.5 Å². The molecule has 0 spiro atoms. The van der Waals surface area contributed by atoms with Gasteiger partial charge < -0.3 is 5.73 Å². The first-order chi connectivity index (χ1) is 9.92. The van der Waals surface area contributed by atoms with E-state index in [9.17, 15) is 0 Å². The first-order valence-electron chi connectivity index (χ1n) is 7.57. The molecule has 2 aromatic rings. The maximum Gasteiger partial charge on any atom is 0.0676 e. The van der Waals surface area contributed by atoms with E-state index in [4.69, 9.17) is 5.73 Å². The zero-order chi connectivity index (χ0) is 15.6. The van der Waals surface area contributed by atoms with E-state index >= 15 is 0 Å². The van der Waals surface area contributed by atoms with Gasteiger partial charge >= 0.3 is 0 Å². The summed E-state index contributed by atoms with van der Waals surface area (Å²) in [6.45, 7) is 10.5. The summed E-state index contributed by atoms with van der Waals surface area (Å²) in [7, 11) is 0. The first kappa shape index (κ1) is 15.6. The van der Waals surface area contributed by atoms with Crippen molar-refractivity contribution < 1.29 is 0 Å². The molecule has 0 saturated carbocycles. The average Bonchev–Trinajstić information content (AvgIpc) is 2.42. The highest BCUT2D eigenvalue weighted by atomic mass is 15.1. The summed E-state index contributed by atoms with van der Waals surface area (Å²) in [5.41, 5.74) is 14.8. The fourth-order valence-corrected chi connectivity index (χ4v) is 2.99. The van der Waals surface area contributed by atoms with Crippen LogP contribution in [-0.2, 0) is 12.8 Å². The monoisotopic (exact) mass is 283 g/mol. The Labute approximate surface area is 127 Å². The molecule has 21 heavy (non-hydrogen) atoms. The number of nitrogens with zero attached hydrogens (tertiary/aromatic N) is 2. The average molecular weight is 283 g/mol. The number of hydrogen-bond acceptors (Lipinski definition) is 3. The second-order valence-electron chi connectivity index (χ2n) is 5.93. The van der Waals surface area contributed by atoms with Gasteiger partial charge in [-0.25, -0.2) is 0 Å². The molecule has 2 rings (SSSR count). The fourth-order valence-electron chi connectivity index (χ4n) is 2.99. The third kappa shape index (κ3) is 3.48. The van der Waals surface area contributed by atoms with E-state index in [0.29, 0.717) is 0 Å². The Morgan fingerprint density at radius 1 is 1.00 bits per heavy atom. The maximum atomic E-state index is 6.48. The Hall–Kier alpha value is -1.74. The van der Waals surface area contributed by atoms with E-state index in [1.165, 1.54) is 22.3 Å². The molecule has 3 heteroatoms. The Morgan fingerprint density at radius 3 is 2.19 bits per heavy atom. The van der Waals surface area contributed by atoms with Gasteiger partial charge in [-0.15, -0.1) is 0 Å². The number of hydrogen-bond donors (Lipinski definition) is 1. The molecule has 0 fully saturated rings. The number of aryl methyl sites for hydroxylation is 5. The van der Waals surface area contributed by atoms with Crippen LogP contribution in [-0.4, -0.2) is 10.2 Å². The van der Waals surface area contributed by atoms with E-state index in [2.05, 4.69) is 56.1 Å². The van der Waals surface area contributed by atoms with Gasteiger partial charge in [-0.1, -0.05) is 24.6 Å². The second kappa shape index (κ2) is 6.35. The van der Waals surface area contributed by atoms with Gasteiger partial charge in [0.2, 0.25) is 0 Å². The molecule has 0 aliphatic carbocycles. The van der Waals surface area contributed by atoms with Gasteiger partial charge in [-0.05, 0) is 68.9 Å². The molecular formula is C18H25N3. The molecule has 3 nitrogen and oxygen atoms in total. The molecule has 112 valence electrons. The van der Waals surface area contributed by atoms with Crippen LogP contribution in [0, 0.1) is 27.7 Å². The summed E-state index contributed by atoms with van der Waals surface area (Å²) in [6, 6.07) is 6.50. The highest BCUT2D eigenvalue weighted by Crippen LogP contribution is 2.24. The molecule has 0 amide bonds. The van der Waals surface area contributed by atoms with Crippen LogP contribution in [0.15, 0.2) is 18.2 Å². The van der Waals surface area contributed by atoms with E-state index in [0.717, 1.165) is 29.8 Å². The minimum Gasteiger partial charge on any atom is -0.324 e. The van der Waals surface area contributed by atoms with Gasteiger partial charge in [0.05, 0.1) is 11.4 Å². The molecule has 0 saturated heterocycles. The SMILES string of the molecule is CCc1nnc(C)cc1C(N)Cc1c(C)cc(C)cc1C. The number of rotatable bonds is 4. The molecule has 1 atom stereocenters. The number of aromatic nitrogens is 2. The Kier molecular flexibility index (Phi) is 4.73. The van der Waals surface area contributed by atoms with Crippen LogP contribution < -0.4 is 5.73 Å². The molecule has 2 N–H and O–H groups in total. The van der Waals surface area contributed by atoms with Gasteiger partial charge in [0.15, 0.2) is 0 Å². The highest BCUT2D eigenvalue weighted by Gasteiger charge is 2.15. The van der Waals surface area contributed by atoms with Crippen LogP contribution >= 0.6 is 0 Å². The minimum atomic E-state index is -0.0331. The van der Waals surface area contributed by atoms with Crippen molar-refractivity contribution in [2.24, 2.45) is 5.73 Å². The van der Waals surface area contributed by atoms with Crippen LogP contribution in [0.2, 0.25) is 0 Å². The topological polar surface area (TPSA) is 51.8 Å². The van der Waals surface area contributed by atoms with E-state index < -0.39 is 0 Å². The Balaban J connectivity index is 2.34. The van der Waals surface area contributed by atoms with Gasteiger partial charge in [0.1, 0.15) is 0 Å². The zero-order valence-corrected chi connectivity index (χ0v) is 13.7. The molecule has 0 aliphatic heterocycles. The van der Waals surface area contributed by atoms with Crippen molar-refractivity contribution in [1.82, 2.24) is 10.2 Å². The van der Waals surface area contributed by atoms with Gasteiger partial charge in [-0.2, -0.15) is 10.2 Å². The van der Waals surface area contributed by atoms with Crippen molar-refractivity contribution in [1.29, 1.82) is 0 Å². The van der Waals surface area contributed by atoms with Crippen LogP contribution in [0.5, 0.6) is 0 Å². The second-order valence-corrected chi connectivity index (χ2v) is 5.93. The molecular weight excluding hydrogens is 258 g/mol. The maximum absolute atomic E-state index is 6.48. The smallest absolute Gasteiger partial charge is 0.0676 e. The largest absolute Gasteiger partial charge is 0.324 e. The van der Waals surface area contributed by atoms with Gasteiger partial charge in [-0.3, -0.25) is 0 Å². The predicted octanol–water partition coefficient (Wildman–Crippen LogP) is 3.52. The third-order valence-corrected chi connectivity index (χ3v) is 4.02. The van der Waals surface area contributed by atoms with Gasteiger partial charge in [0.25, 0.3) is 0 Å². The Bertz CT molecular complexity index is 624. The lowest BCUT2D eigenvalue weighted by atomic mass is 9.91. The van der Waals surface area contributed by atoms with Crippen molar-refractivity contribution in [3.8, 4) is 0 Å². The summed E-state index contributed by atoms with van der Waals surface area (Å²) < 4.78 is 0. The summed E-state index contributed by atoms with van der Waals surface area (Å²) in [6.07, 6.45) is 1.71. The van der Waals surface area contributed by atoms with E-state index in [1.807, 2.05) is 6.92 Å². The summed E-state index contributed by atoms with van der Waals surface area (Å²) in [4.78, 5) is 0. The van der Waals surface area contributed by atoms with Crippen molar-refractivity contribution in [2.75, 3.05) is 0 Å². The molecule has 0 bridgehead atoms. The number of nitrogens with two attached hydrogens (primary N) is 1. The highest BCUT2D eigenvalue weighted by molar-refractivity contribution is 5.39. The van der Waals surface area contributed by atoms with E-state index in [1.54, 1.807) is 0 Å². The summed E-state index contributed by atoms with van der Waals surface area (Å²) >= 11 is 0. The normalized spacial score (nSPS) is 12.5. The van der Waals surface area contributed by atoms with Gasteiger partial charge in [0, 0.05) is 6.04 Å². The van der Waals surface area contributed by atoms with Crippen LogP contribution in [0.1, 0.15) is 52.2 Å². The molecule has 1 unspecified atom stereocenters. The molecule has 1 heterocycles. The van der Waals surface area contributed by atoms with Crippen LogP contribution in [0.4, 0.5) is 0 Å². The van der Waals surface area contributed by atoms with Crippen molar-refractivity contribution in [3.63, 3.8) is 0 Å². The van der Waals surface area contributed by atoms with Crippen molar-refractivity contribution >= 4 is 0 Å². The molecule has 0 radical (unpaired) electrons. The minimum absolute atomic E-state index is 0.0331. The lowest BCUT2D eigenvalue weighted by Gasteiger charge is -2.18. The predicted molar refractivity (Wildman–Crippen MR) is 87.4 cm³/mol. The molecule has 0 aliphatic rings. The lowest BCUT2D eigenvalue weighted by Crippen LogP contribution is -2.18.